The van der Waals surface area contributed by atoms with E-state index in [0.29, 0.717) is 0 Å². The third-order valence-electron chi connectivity index (χ3n) is 8.29. The Morgan fingerprint density at radius 2 is 1.00 bits per heavy atom. The summed E-state index contributed by atoms with van der Waals surface area (Å²) in [5.74, 6) is 3.16. The fraction of sp³-hybridized carbons (Fsp3) is 0.771. The van der Waals surface area contributed by atoms with Crippen molar-refractivity contribution in [2.75, 3.05) is 19.6 Å². The standard InChI is InChI=1S/C35H60ClIN/c1-4-7-9-11-13-15-17-19-21-23-30-38(35(37)6-3,32-29-33-25-27-34(36)28-26-33)31-24-22-20-18-16-14-12-10-8-5-2/h3,25-28,35H,4-5,7-24,29-32H2,1-2H3/q+1. The molecule has 0 spiro atoms. The van der Waals surface area contributed by atoms with Gasteiger partial charge in [0.15, 0.2) is 0 Å². The maximum Gasteiger partial charge on any atom is 0.200 e. The molecule has 0 N–H and O–H groups in total. The van der Waals surface area contributed by atoms with Crippen molar-refractivity contribution >= 4 is 34.2 Å². The molecule has 1 atom stereocenters. The summed E-state index contributed by atoms with van der Waals surface area (Å²) < 4.78 is 1.32. The van der Waals surface area contributed by atoms with Crippen molar-refractivity contribution in [1.29, 1.82) is 0 Å². The molecule has 0 aliphatic carbocycles. The van der Waals surface area contributed by atoms with Gasteiger partial charge in [-0.05, 0) is 49.3 Å². The number of hydrogen-bond acceptors (Lipinski definition) is 0. The van der Waals surface area contributed by atoms with Crippen LogP contribution in [0.25, 0.3) is 0 Å². The number of rotatable bonds is 26. The second-order valence-electron chi connectivity index (χ2n) is 11.6. The van der Waals surface area contributed by atoms with Crippen LogP contribution in [0.5, 0.6) is 0 Å². The monoisotopic (exact) mass is 656 g/mol. The molecule has 0 saturated heterocycles. The molecule has 0 aliphatic rings. The van der Waals surface area contributed by atoms with E-state index in [-0.39, 0.29) is 4.05 Å². The topological polar surface area (TPSA) is 0 Å². The van der Waals surface area contributed by atoms with Gasteiger partial charge in [-0.15, -0.1) is 6.42 Å². The minimum Gasteiger partial charge on any atom is -0.303 e. The Bertz CT molecular complexity index is 671. The Balaban J connectivity index is 2.54. The predicted octanol–water partition coefficient (Wildman–Crippen LogP) is 11.9. The zero-order valence-corrected chi connectivity index (χ0v) is 28.1. The lowest BCUT2D eigenvalue weighted by molar-refractivity contribution is -0.927. The van der Waals surface area contributed by atoms with E-state index in [2.05, 4.69) is 54.5 Å². The highest BCUT2D eigenvalue weighted by atomic mass is 127. The Morgan fingerprint density at radius 1 is 0.632 bits per heavy atom. The van der Waals surface area contributed by atoms with Gasteiger partial charge >= 0.3 is 0 Å². The van der Waals surface area contributed by atoms with Crippen molar-refractivity contribution in [3.05, 3.63) is 34.9 Å². The first-order chi connectivity index (χ1) is 18.6. The number of halogens is 2. The third-order valence-corrected chi connectivity index (χ3v) is 10.1. The van der Waals surface area contributed by atoms with E-state index in [9.17, 15) is 0 Å². The molecule has 38 heavy (non-hydrogen) atoms. The summed E-state index contributed by atoms with van der Waals surface area (Å²) >= 11 is 8.71. The van der Waals surface area contributed by atoms with Crippen molar-refractivity contribution in [3.8, 4) is 12.3 Å². The number of nitrogens with zero attached hydrogens (tertiary/aromatic N) is 1. The van der Waals surface area contributed by atoms with Crippen LogP contribution in [0.15, 0.2) is 24.3 Å². The number of unbranched alkanes of at least 4 members (excludes halogenated alkanes) is 18. The Kier molecular flexibility index (Phi) is 23.1. The minimum absolute atomic E-state index is 0.247. The van der Waals surface area contributed by atoms with Gasteiger partial charge in [0.1, 0.15) is 0 Å². The lowest BCUT2D eigenvalue weighted by Gasteiger charge is -2.41. The van der Waals surface area contributed by atoms with Gasteiger partial charge in [-0.25, -0.2) is 0 Å². The molecule has 3 heteroatoms. The highest BCUT2D eigenvalue weighted by Crippen LogP contribution is 2.25. The molecule has 0 aliphatic heterocycles. The molecule has 0 bridgehead atoms. The highest BCUT2D eigenvalue weighted by molar-refractivity contribution is 14.1. The molecule has 0 saturated carbocycles. The van der Waals surface area contributed by atoms with Crippen LogP contribution in [0, 0.1) is 12.3 Å². The molecular weight excluding hydrogens is 597 g/mol. The SMILES string of the molecule is C#CC(I)[N+](CCCCCCCCCCCC)(CCCCCCCCCCCC)CCc1ccc(Cl)cc1. The quantitative estimate of drug-likeness (QED) is 0.0232. The van der Waals surface area contributed by atoms with E-state index in [4.69, 9.17) is 18.0 Å². The van der Waals surface area contributed by atoms with Crippen LogP contribution >= 0.6 is 34.2 Å². The Morgan fingerprint density at radius 3 is 1.37 bits per heavy atom. The van der Waals surface area contributed by atoms with Crippen molar-refractivity contribution in [1.82, 2.24) is 0 Å². The van der Waals surface area contributed by atoms with E-state index < -0.39 is 0 Å². The molecule has 0 aromatic heterocycles. The average Bonchev–Trinajstić information content (AvgIpc) is 2.93. The van der Waals surface area contributed by atoms with Gasteiger partial charge < -0.3 is 4.48 Å². The normalized spacial score (nSPS) is 12.5. The average molecular weight is 657 g/mol. The summed E-state index contributed by atoms with van der Waals surface area (Å²) in [6.07, 6.45) is 34.9. The van der Waals surface area contributed by atoms with E-state index >= 15 is 0 Å². The second-order valence-corrected chi connectivity index (χ2v) is 13.2. The van der Waals surface area contributed by atoms with Crippen molar-refractivity contribution < 1.29 is 4.48 Å². The maximum absolute atomic E-state index is 6.15. The first kappa shape index (κ1) is 35.8. The van der Waals surface area contributed by atoms with Crippen LogP contribution in [0.4, 0.5) is 0 Å². The molecule has 1 nitrogen and oxygen atoms in total. The molecule has 0 heterocycles. The molecule has 0 fully saturated rings. The van der Waals surface area contributed by atoms with E-state index in [0.717, 1.165) is 22.5 Å². The van der Waals surface area contributed by atoms with Crippen LogP contribution in [0.2, 0.25) is 5.02 Å². The largest absolute Gasteiger partial charge is 0.303 e. The summed E-state index contributed by atoms with van der Waals surface area (Å²) in [6.45, 7) is 8.17. The van der Waals surface area contributed by atoms with Gasteiger partial charge in [-0.3, -0.25) is 0 Å². The maximum atomic E-state index is 6.15. The zero-order valence-electron chi connectivity index (χ0n) is 25.1. The summed E-state index contributed by atoms with van der Waals surface area (Å²) in [5, 5.41) is 0.820. The number of alkyl halides is 1. The minimum atomic E-state index is 0.247. The highest BCUT2D eigenvalue weighted by Gasteiger charge is 2.33. The number of benzene rings is 1. The predicted molar refractivity (Wildman–Crippen MR) is 180 cm³/mol. The molecule has 1 unspecified atom stereocenters. The van der Waals surface area contributed by atoms with Crippen molar-refractivity contribution in [2.24, 2.45) is 0 Å². The molecule has 1 aromatic rings. The number of terminal acetylenes is 1. The summed E-state index contributed by atoms with van der Waals surface area (Å²) in [6, 6.07) is 8.43. The summed E-state index contributed by atoms with van der Waals surface area (Å²) in [4.78, 5) is 0. The first-order valence-corrected chi connectivity index (χ1v) is 17.9. The van der Waals surface area contributed by atoms with Gasteiger partial charge in [-0.1, -0.05) is 140 Å². The fourth-order valence-corrected chi connectivity index (χ4v) is 6.63. The van der Waals surface area contributed by atoms with Gasteiger partial charge in [0.25, 0.3) is 0 Å². The smallest absolute Gasteiger partial charge is 0.200 e. The zero-order chi connectivity index (χ0) is 27.7. The van der Waals surface area contributed by atoms with Gasteiger partial charge in [0.05, 0.1) is 19.6 Å². The lowest BCUT2D eigenvalue weighted by atomic mass is 10.0. The van der Waals surface area contributed by atoms with Crippen LogP contribution < -0.4 is 0 Å². The summed E-state index contributed by atoms with van der Waals surface area (Å²) in [5.41, 5.74) is 1.38. The molecular formula is C35H60ClIN+. The molecule has 1 aromatic carbocycles. The van der Waals surface area contributed by atoms with Gasteiger partial charge in [-0.2, -0.15) is 0 Å². The van der Waals surface area contributed by atoms with Crippen LogP contribution in [-0.2, 0) is 6.42 Å². The Labute approximate surface area is 257 Å². The van der Waals surface area contributed by atoms with Crippen LogP contribution in [0.3, 0.4) is 0 Å². The second kappa shape index (κ2) is 24.5. The molecule has 0 radical (unpaired) electrons. The first-order valence-electron chi connectivity index (χ1n) is 16.3. The van der Waals surface area contributed by atoms with E-state index in [1.54, 1.807) is 0 Å². The van der Waals surface area contributed by atoms with E-state index in [1.807, 2.05) is 12.1 Å². The van der Waals surface area contributed by atoms with Crippen LogP contribution in [0.1, 0.15) is 148 Å². The lowest BCUT2D eigenvalue weighted by Crippen LogP contribution is -2.54. The van der Waals surface area contributed by atoms with Crippen molar-refractivity contribution in [2.45, 2.75) is 153 Å². The van der Waals surface area contributed by atoms with Crippen LogP contribution in [-0.4, -0.2) is 28.2 Å². The third kappa shape index (κ3) is 17.5. The van der Waals surface area contributed by atoms with Gasteiger partial charge in [0.2, 0.25) is 4.05 Å². The number of quaternary nitrogens is 1. The van der Waals surface area contributed by atoms with Gasteiger partial charge in [0, 0.05) is 34.0 Å². The Hall–Kier alpha value is -0.240. The summed E-state index contributed by atoms with van der Waals surface area (Å²) in [7, 11) is 0. The molecule has 1 rings (SSSR count). The van der Waals surface area contributed by atoms with Crippen molar-refractivity contribution in [3.63, 3.8) is 0 Å². The van der Waals surface area contributed by atoms with E-state index in [1.165, 1.54) is 147 Å². The number of hydrogen-bond donors (Lipinski definition) is 0. The fourth-order valence-electron chi connectivity index (χ4n) is 5.66. The molecule has 218 valence electrons. The molecule has 0 amide bonds.